The smallest absolute Gasteiger partial charge is 0.264 e. The monoisotopic (exact) mass is 342 g/mol. The van der Waals surface area contributed by atoms with Crippen LogP contribution in [0.2, 0.25) is 5.02 Å². The van der Waals surface area contributed by atoms with E-state index in [1.807, 2.05) is 18.2 Å². The van der Waals surface area contributed by atoms with Crippen molar-refractivity contribution in [2.75, 3.05) is 26.3 Å². The zero-order chi connectivity index (χ0) is 16.9. The minimum atomic E-state index is -0.304. The summed E-state index contributed by atoms with van der Waals surface area (Å²) in [5, 5.41) is 9.90. The van der Waals surface area contributed by atoms with E-state index in [4.69, 9.17) is 20.8 Å². The maximum absolute atomic E-state index is 12.4. The lowest BCUT2D eigenvalue weighted by molar-refractivity contribution is -0.130. The number of rotatable bonds is 3. The van der Waals surface area contributed by atoms with Gasteiger partial charge >= 0.3 is 0 Å². The van der Waals surface area contributed by atoms with Gasteiger partial charge in [-0.05, 0) is 24.3 Å². The molecule has 2 aromatic rings. The van der Waals surface area contributed by atoms with Crippen LogP contribution in [-0.2, 0) is 9.53 Å². The quantitative estimate of drug-likeness (QED) is 0.633. The third kappa shape index (κ3) is 3.67. The van der Waals surface area contributed by atoms with E-state index in [0.717, 1.165) is 5.56 Å². The van der Waals surface area contributed by atoms with Crippen LogP contribution in [0.4, 0.5) is 0 Å². The lowest BCUT2D eigenvalue weighted by Crippen LogP contribution is -2.41. The summed E-state index contributed by atoms with van der Waals surface area (Å²) in [7, 11) is 0. The molecule has 1 saturated heterocycles. The van der Waals surface area contributed by atoms with Gasteiger partial charge < -0.3 is 14.1 Å². The van der Waals surface area contributed by atoms with Gasteiger partial charge in [-0.2, -0.15) is 5.26 Å². The maximum atomic E-state index is 12.4. The molecule has 0 spiro atoms. The van der Waals surface area contributed by atoms with Crippen molar-refractivity contribution in [1.82, 2.24) is 4.90 Å². The van der Waals surface area contributed by atoms with E-state index in [2.05, 4.69) is 0 Å². The van der Waals surface area contributed by atoms with Crippen molar-refractivity contribution in [3.63, 3.8) is 0 Å². The van der Waals surface area contributed by atoms with Gasteiger partial charge in [-0.25, -0.2) is 0 Å². The highest BCUT2D eigenvalue weighted by atomic mass is 35.5. The Morgan fingerprint density at radius 1 is 1.25 bits per heavy atom. The van der Waals surface area contributed by atoms with Crippen molar-refractivity contribution in [2.45, 2.75) is 0 Å². The third-order valence-corrected chi connectivity index (χ3v) is 3.91. The van der Waals surface area contributed by atoms with Crippen molar-refractivity contribution in [1.29, 1.82) is 5.26 Å². The Morgan fingerprint density at radius 3 is 2.75 bits per heavy atom. The second-order valence-corrected chi connectivity index (χ2v) is 5.72. The molecule has 1 amide bonds. The molecule has 0 unspecified atom stereocenters. The molecular formula is C18H15ClN2O3. The van der Waals surface area contributed by atoms with Crippen molar-refractivity contribution in [3.05, 3.63) is 52.8 Å². The van der Waals surface area contributed by atoms with Crippen LogP contribution in [0.15, 0.2) is 46.4 Å². The first-order valence-corrected chi connectivity index (χ1v) is 7.90. The molecule has 24 heavy (non-hydrogen) atoms. The van der Waals surface area contributed by atoms with E-state index in [1.165, 1.54) is 6.08 Å². The van der Waals surface area contributed by atoms with Gasteiger partial charge in [-0.3, -0.25) is 4.79 Å². The van der Waals surface area contributed by atoms with Crippen molar-refractivity contribution < 1.29 is 13.9 Å². The number of hydrogen-bond acceptors (Lipinski definition) is 4. The molecule has 6 heteroatoms. The molecule has 0 saturated carbocycles. The van der Waals surface area contributed by atoms with Crippen LogP contribution in [0.5, 0.6) is 0 Å². The Bertz CT molecular complexity index is 814. The van der Waals surface area contributed by atoms with Gasteiger partial charge in [0, 0.05) is 29.8 Å². The molecule has 2 heterocycles. The van der Waals surface area contributed by atoms with Gasteiger partial charge in [0.2, 0.25) is 0 Å². The van der Waals surface area contributed by atoms with E-state index in [1.54, 1.807) is 29.2 Å². The first kappa shape index (κ1) is 16.3. The fraction of sp³-hybridized carbons (Fsp3) is 0.222. The number of nitriles is 1. The SMILES string of the molecule is N#C/C(=C\c1ccc(-c2cccc(Cl)c2)o1)C(=O)N1CCOCC1. The van der Waals surface area contributed by atoms with Crippen LogP contribution in [0.3, 0.4) is 0 Å². The minimum absolute atomic E-state index is 0.0453. The Hall–Kier alpha value is -2.55. The average molecular weight is 343 g/mol. The summed E-state index contributed by atoms with van der Waals surface area (Å²) in [6.45, 7) is 1.96. The van der Waals surface area contributed by atoms with Crippen LogP contribution in [-0.4, -0.2) is 37.1 Å². The van der Waals surface area contributed by atoms with E-state index < -0.39 is 0 Å². The topological polar surface area (TPSA) is 66.5 Å². The highest BCUT2D eigenvalue weighted by Crippen LogP contribution is 2.25. The summed E-state index contributed by atoms with van der Waals surface area (Å²) in [6.07, 6.45) is 1.46. The molecule has 1 aromatic carbocycles. The van der Waals surface area contributed by atoms with E-state index >= 15 is 0 Å². The summed E-state index contributed by atoms with van der Waals surface area (Å²) < 4.78 is 10.9. The summed E-state index contributed by atoms with van der Waals surface area (Å²) in [4.78, 5) is 14.0. The molecule has 0 N–H and O–H groups in total. The molecule has 5 nitrogen and oxygen atoms in total. The van der Waals surface area contributed by atoms with Crippen LogP contribution < -0.4 is 0 Å². The third-order valence-electron chi connectivity index (χ3n) is 3.67. The molecule has 1 fully saturated rings. The van der Waals surface area contributed by atoms with Gasteiger partial charge in [0.25, 0.3) is 5.91 Å². The summed E-state index contributed by atoms with van der Waals surface area (Å²) in [5.74, 6) is 0.768. The molecule has 0 atom stereocenters. The first-order chi connectivity index (χ1) is 11.7. The number of carbonyl (C=O) groups excluding carboxylic acids is 1. The standard InChI is InChI=1S/C18H15ClN2O3/c19-15-3-1-2-13(10-15)17-5-4-16(24-17)11-14(12-20)18(22)21-6-8-23-9-7-21/h1-5,10-11H,6-9H2/b14-11+. The summed E-state index contributed by atoms with van der Waals surface area (Å²) in [5.41, 5.74) is 0.879. The molecular weight excluding hydrogens is 328 g/mol. The fourth-order valence-corrected chi connectivity index (χ4v) is 2.64. The molecule has 122 valence electrons. The lowest BCUT2D eigenvalue weighted by Gasteiger charge is -2.26. The number of benzene rings is 1. The van der Waals surface area contributed by atoms with Crippen molar-refractivity contribution in [2.24, 2.45) is 0 Å². The number of ether oxygens (including phenoxy) is 1. The Balaban J connectivity index is 1.82. The highest BCUT2D eigenvalue weighted by Gasteiger charge is 2.21. The van der Waals surface area contributed by atoms with Gasteiger partial charge in [0.15, 0.2) is 0 Å². The Labute approximate surface area is 144 Å². The number of nitrogens with zero attached hydrogens (tertiary/aromatic N) is 2. The normalized spacial score (nSPS) is 15.2. The molecule has 0 radical (unpaired) electrons. The van der Waals surface area contributed by atoms with Gasteiger partial charge in [-0.1, -0.05) is 23.7 Å². The molecule has 0 bridgehead atoms. The number of halogens is 1. The van der Waals surface area contributed by atoms with Crippen LogP contribution >= 0.6 is 11.6 Å². The number of morpholine rings is 1. The molecule has 1 aliphatic rings. The summed E-state index contributed by atoms with van der Waals surface area (Å²) >= 11 is 5.98. The van der Waals surface area contributed by atoms with E-state index in [0.29, 0.717) is 42.8 Å². The zero-order valence-corrected chi connectivity index (χ0v) is 13.6. The van der Waals surface area contributed by atoms with Gasteiger partial charge in [-0.15, -0.1) is 0 Å². The second-order valence-electron chi connectivity index (χ2n) is 5.29. The van der Waals surface area contributed by atoms with Crippen molar-refractivity contribution in [3.8, 4) is 17.4 Å². The molecule has 1 aromatic heterocycles. The average Bonchev–Trinajstić information content (AvgIpc) is 3.08. The van der Waals surface area contributed by atoms with E-state index in [-0.39, 0.29) is 11.5 Å². The summed E-state index contributed by atoms with van der Waals surface area (Å²) in [6, 6.07) is 12.7. The zero-order valence-electron chi connectivity index (χ0n) is 12.9. The predicted octanol–water partition coefficient (Wildman–Crippen LogP) is 3.37. The lowest BCUT2D eigenvalue weighted by atomic mass is 10.2. The number of hydrogen-bond donors (Lipinski definition) is 0. The Morgan fingerprint density at radius 2 is 2.04 bits per heavy atom. The van der Waals surface area contributed by atoms with Gasteiger partial charge in [0.1, 0.15) is 23.2 Å². The number of furan rings is 1. The van der Waals surface area contributed by atoms with Crippen LogP contribution in [0, 0.1) is 11.3 Å². The largest absolute Gasteiger partial charge is 0.457 e. The minimum Gasteiger partial charge on any atom is -0.457 e. The van der Waals surface area contributed by atoms with Gasteiger partial charge in [0.05, 0.1) is 13.2 Å². The van der Waals surface area contributed by atoms with Crippen LogP contribution in [0.1, 0.15) is 5.76 Å². The Kier molecular flexibility index (Phi) is 4.99. The molecule has 1 aliphatic heterocycles. The fourth-order valence-electron chi connectivity index (χ4n) is 2.45. The number of amides is 1. The molecule has 0 aliphatic carbocycles. The molecule has 3 rings (SSSR count). The van der Waals surface area contributed by atoms with Crippen molar-refractivity contribution >= 4 is 23.6 Å². The highest BCUT2D eigenvalue weighted by molar-refractivity contribution is 6.30. The maximum Gasteiger partial charge on any atom is 0.264 e. The number of carbonyl (C=O) groups is 1. The second kappa shape index (κ2) is 7.35. The van der Waals surface area contributed by atoms with Crippen LogP contribution in [0.25, 0.3) is 17.4 Å². The van der Waals surface area contributed by atoms with E-state index in [9.17, 15) is 10.1 Å². The predicted molar refractivity (Wildman–Crippen MR) is 90.1 cm³/mol. The first-order valence-electron chi connectivity index (χ1n) is 7.52.